The van der Waals surface area contributed by atoms with Crippen LogP contribution < -0.4 is 5.32 Å². The Balaban J connectivity index is 1.80. The first kappa shape index (κ1) is 23.9. The van der Waals surface area contributed by atoms with Gasteiger partial charge in [-0.3, -0.25) is 10.1 Å². The number of aromatic hydroxyl groups is 1. The van der Waals surface area contributed by atoms with Gasteiger partial charge in [0, 0.05) is 21.3 Å². The molecule has 1 amide bonds. The molecule has 0 spiro atoms. The number of nitrogens with one attached hydrogen (secondary N) is 1. The predicted molar refractivity (Wildman–Crippen MR) is 131 cm³/mol. The lowest BCUT2D eigenvalue weighted by atomic mass is 9.94. The Morgan fingerprint density at radius 1 is 1.12 bits per heavy atom. The van der Waals surface area contributed by atoms with Crippen molar-refractivity contribution in [3.63, 3.8) is 0 Å². The first-order valence-corrected chi connectivity index (χ1v) is 11.5. The Morgan fingerprint density at radius 3 is 2.66 bits per heavy atom. The van der Waals surface area contributed by atoms with Crippen LogP contribution in [0.4, 0.5) is 10.5 Å². The number of carbonyl (C=O) groups is 2. The monoisotopic (exact) mass is 517 g/mol. The molecule has 0 saturated heterocycles. The van der Waals surface area contributed by atoms with Gasteiger partial charge in [-0.15, -0.1) is 0 Å². The van der Waals surface area contributed by atoms with E-state index in [1.807, 2.05) is 43.3 Å². The van der Waals surface area contributed by atoms with Crippen LogP contribution in [0.5, 0.6) is 5.75 Å². The SMILES string of the molecule is C[C@@H](CCOC(=O)CS)[C@@H](OC(=O)Nc1cccc2ccccc12)c1cc(Br)ccc1O. The molecule has 3 aromatic carbocycles. The van der Waals surface area contributed by atoms with Crippen LogP contribution in [0.1, 0.15) is 25.0 Å². The van der Waals surface area contributed by atoms with Crippen molar-refractivity contribution in [3.05, 3.63) is 70.7 Å². The Bertz CT molecular complexity index is 1100. The predicted octanol–water partition coefficient (Wildman–Crippen LogP) is 6.10. The van der Waals surface area contributed by atoms with Gasteiger partial charge in [-0.1, -0.05) is 59.3 Å². The minimum Gasteiger partial charge on any atom is -0.508 e. The molecule has 3 rings (SSSR count). The van der Waals surface area contributed by atoms with Gasteiger partial charge in [0.1, 0.15) is 11.9 Å². The summed E-state index contributed by atoms with van der Waals surface area (Å²) in [6.07, 6.45) is -0.986. The lowest BCUT2D eigenvalue weighted by molar-refractivity contribution is -0.141. The molecular formula is C24H24BrNO5S. The number of rotatable bonds is 8. The Kier molecular flexibility index (Phi) is 8.41. The van der Waals surface area contributed by atoms with Crippen molar-refractivity contribution in [2.45, 2.75) is 19.4 Å². The van der Waals surface area contributed by atoms with Gasteiger partial charge in [-0.05, 0) is 36.1 Å². The largest absolute Gasteiger partial charge is 0.508 e. The molecule has 2 atom stereocenters. The van der Waals surface area contributed by atoms with Crippen LogP contribution in [-0.2, 0) is 14.3 Å². The highest BCUT2D eigenvalue weighted by molar-refractivity contribution is 9.10. The van der Waals surface area contributed by atoms with Crippen LogP contribution in [0, 0.1) is 5.92 Å². The van der Waals surface area contributed by atoms with Crippen molar-refractivity contribution in [2.24, 2.45) is 5.92 Å². The molecule has 0 aliphatic heterocycles. The maximum absolute atomic E-state index is 12.8. The first-order chi connectivity index (χ1) is 15.4. The van der Waals surface area contributed by atoms with Gasteiger partial charge >= 0.3 is 12.1 Å². The van der Waals surface area contributed by atoms with E-state index in [0.29, 0.717) is 17.7 Å². The number of amides is 1. The average Bonchev–Trinajstić information content (AvgIpc) is 2.79. The number of carbonyl (C=O) groups excluding carboxylic acids is 2. The number of phenolic OH excluding ortho intramolecular Hbond substituents is 1. The molecule has 0 bridgehead atoms. The molecule has 0 radical (unpaired) electrons. The summed E-state index contributed by atoms with van der Waals surface area (Å²) >= 11 is 7.29. The van der Waals surface area contributed by atoms with E-state index in [1.165, 1.54) is 6.07 Å². The molecule has 0 aromatic heterocycles. The van der Waals surface area contributed by atoms with Crippen LogP contribution in [0.2, 0.25) is 0 Å². The summed E-state index contributed by atoms with van der Waals surface area (Å²) < 4.78 is 11.6. The Morgan fingerprint density at radius 2 is 1.88 bits per heavy atom. The van der Waals surface area contributed by atoms with Crippen molar-refractivity contribution >= 4 is 57.1 Å². The summed E-state index contributed by atoms with van der Waals surface area (Å²) in [7, 11) is 0. The van der Waals surface area contributed by atoms with E-state index in [0.717, 1.165) is 15.2 Å². The number of hydrogen-bond donors (Lipinski definition) is 3. The van der Waals surface area contributed by atoms with E-state index in [-0.39, 0.29) is 24.0 Å². The number of fused-ring (bicyclic) bond motifs is 1. The molecule has 0 saturated carbocycles. The van der Waals surface area contributed by atoms with Gasteiger partial charge in [0.15, 0.2) is 0 Å². The second-order valence-electron chi connectivity index (χ2n) is 7.33. The molecule has 0 unspecified atom stereocenters. The fourth-order valence-corrected chi connectivity index (χ4v) is 3.85. The molecule has 32 heavy (non-hydrogen) atoms. The first-order valence-electron chi connectivity index (χ1n) is 10.1. The topological polar surface area (TPSA) is 84.9 Å². The second kappa shape index (κ2) is 11.2. The van der Waals surface area contributed by atoms with Crippen molar-refractivity contribution < 1.29 is 24.2 Å². The van der Waals surface area contributed by atoms with Crippen LogP contribution in [0.15, 0.2) is 65.1 Å². The van der Waals surface area contributed by atoms with Gasteiger partial charge in [0.2, 0.25) is 0 Å². The van der Waals surface area contributed by atoms with E-state index >= 15 is 0 Å². The van der Waals surface area contributed by atoms with Crippen LogP contribution in [0.3, 0.4) is 0 Å². The quantitative estimate of drug-likeness (QED) is 0.248. The van der Waals surface area contributed by atoms with E-state index < -0.39 is 18.2 Å². The third kappa shape index (κ3) is 6.17. The molecule has 6 nitrogen and oxygen atoms in total. The fraction of sp³-hybridized carbons (Fsp3) is 0.250. The smallest absolute Gasteiger partial charge is 0.412 e. The summed E-state index contributed by atoms with van der Waals surface area (Å²) in [5, 5.41) is 15.1. The fourth-order valence-electron chi connectivity index (χ4n) is 3.38. The van der Waals surface area contributed by atoms with Crippen molar-refractivity contribution in [1.29, 1.82) is 0 Å². The number of ether oxygens (including phenoxy) is 2. The van der Waals surface area contributed by atoms with Crippen molar-refractivity contribution in [3.8, 4) is 5.75 Å². The number of phenols is 1. The summed E-state index contributed by atoms with van der Waals surface area (Å²) in [5.74, 6) is -0.665. The minimum atomic E-state index is -0.767. The summed E-state index contributed by atoms with van der Waals surface area (Å²) in [6, 6.07) is 18.3. The summed E-state index contributed by atoms with van der Waals surface area (Å²) in [6.45, 7) is 2.02. The molecule has 0 aliphatic carbocycles. The average molecular weight is 518 g/mol. The normalized spacial score (nSPS) is 12.7. The number of esters is 1. The van der Waals surface area contributed by atoms with Crippen molar-refractivity contribution in [2.75, 3.05) is 17.7 Å². The zero-order valence-electron chi connectivity index (χ0n) is 17.5. The standard InChI is InChI=1S/C24H24BrNO5S/c1-15(11-12-30-22(28)14-32)23(19-13-17(25)9-10-21(19)27)31-24(29)26-20-8-4-6-16-5-2-3-7-18(16)20/h2-10,13,15,23,27,32H,11-12,14H2,1H3,(H,26,29)/t15-,23+/m0/s1. The van der Waals surface area contributed by atoms with E-state index in [2.05, 4.69) is 33.9 Å². The minimum absolute atomic E-state index is 0.00579. The zero-order chi connectivity index (χ0) is 23.1. The highest BCUT2D eigenvalue weighted by Crippen LogP contribution is 2.36. The van der Waals surface area contributed by atoms with Gasteiger partial charge in [0.25, 0.3) is 0 Å². The number of anilines is 1. The summed E-state index contributed by atoms with van der Waals surface area (Å²) in [5.41, 5.74) is 1.08. The van der Waals surface area contributed by atoms with Gasteiger partial charge < -0.3 is 14.6 Å². The maximum atomic E-state index is 12.8. The van der Waals surface area contributed by atoms with E-state index in [9.17, 15) is 14.7 Å². The second-order valence-corrected chi connectivity index (χ2v) is 8.56. The lowest BCUT2D eigenvalue weighted by Gasteiger charge is -2.25. The van der Waals surface area contributed by atoms with Gasteiger partial charge in [0.05, 0.1) is 18.0 Å². The highest BCUT2D eigenvalue weighted by Gasteiger charge is 2.27. The highest BCUT2D eigenvalue weighted by atomic mass is 79.9. The molecule has 2 N–H and O–H groups in total. The lowest BCUT2D eigenvalue weighted by Crippen LogP contribution is -2.23. The van der Waals surface area contributed by atoms with Crippen LogP contribution >= 0.6 is 28.6 Å². The van der Waals surface area contributed by atoms with E-state index in [1.54, 1.807) is 18.2 Å². The third-order valence-electron chi connectivity index (χ3n) is 5.04. The third-order valence-corrected chi connectivity index (χ3v) is 5.79. The Labute approximate surface area is 200 Å². The number of benzene rings is 3. The maximum Gasteiger partial charge on any atom is 0.412 e. The molecule has 0 fully saturated rings. The van der Waals surface area contributed by atoms with Gasteiger partial charge in [-0.25, -0.2) is 4.79 Å². The summed E-state index contributed by atoms with van der Waals surface area (Å²) in [4.78, 5) is 24.2. The molecule has 168 valence electrons. The van der Waals surface area contributed by atoms with Crippen LogP contribution in [0.25, 0.3) is 10.8 Å². The molecule has 8 heteroatoms. The number of halogens is 1. The molecule has 3 aromatic rings. The van der Waals surface area contributed by atoms with Crippen LogP contribution in [-0.4, -0.2) is 29.5 Å². The molecule has 0 aliphatic rings. The van der Waals surface area contributed by atoms with Crippen molar-refractivity contribution in [1.82, 2.24) is 0 Å². The molecular weight excluding hydrogens is 494 g/mol. The van der Waals surface area contributed by atoms with Gasteiger partial charge in [-0.2, -0.15) is 12.6 Å². The number of thiol groups is 1. The van der Waals surface area contributed by atoms with E-state index in [4.69, 9.17) is 9.47 Å². The zero-order valence-corrected chi connectivity index (χ0v) is 19.9. The number of hydrogen-bond acceptors (Lipinski definition) is 6. The molecule has 0 heterocycles. The Hall–Kier alpha value is -2.71.